The molecule has 0 bridgehead atoms. The molecule has 0 atom stereocenters. The largest absolute Gasteiger partial charge is 0.350 e. The van der Waals surface area contributed by atoms with E-state index in [1.807, 2.05) is 11.9 Å². The van der Waals surface area contributed by atoms with Gasteiger partial charge in [0.05, 0.1) is 17.7 Å². The van der Waals surface area contributed by atoms with Crippen LogP contribution in [0.4, 0.5) is 5.69 Å². The molecule has 0 aliphatic heterocycles. The zero-order valence-electron chi connectivity index (χ0n) is 9.99. The molecule has 0 unspecified atom stereocenters. The van der Waals surface area contributed by atoms with Gasteiger partial charge < -0.3 is 0 Å². The predicted octanol–water partition coefficient (Wildman–Crippen LogP) is 0.197. The number of hydrogen-bond acceptors (Lipinski definition) is 5. The maximum atomic E-state index is 11.6. The number of aromatic amines is 1. The number of rotatable bonds is 3. The van der Waals surface area contributed by atoms with E-state index in [0.29, 0.717) is 5.56 Å². The number of aromatic nitrogens is 3. The first kappa shape index (κ1) is 12.7. The van der Waals surface area contributed by atoms with Gasteiger partial charge in [-0.25, -0.2) is 4.79 Å². The maximum Gasteiger partial charge on any atom is 0.350 e. The van der Waals surface area contributed by atoms with Crippen LogP contribution in [-0.2, 0) is 6.54 Å². The first-order chi connectivity index (χ1) is 8.97. The van der Waals surface area contributed by atoms with Crippen LogP contribution in [0.25, 0.3) is 0 Å². The Morgan fingerprint density at radius 2 is 2.16 bits per heavy atom. The number of nitrogens with one attached hydrogen (secondary N) is 1. The van der Waals surface area contributed by atoms with Crippen molar-refractivity contribution >= 4 is 5.69 Å². The highest BCUT2D eigenvalue weighted by Gasteiger charge is 2.14. The summed E-state index contributed by atoms with van der Waals surface area (Å²) in [5.74, 6) is 0. The van der Waals surface area contributed by atoms with E-state index in [-0.39, 0.29) is 6.54 Å². The number of H-pyrrole nitrogens is 1. The van der Waals surface area contributed by atoms with Crippen molar-refractivity contribution in [3.05, 3.63) is 66.7 Å². The van der Waals surface area contributed by atoms with Crippen LogP contribution >= 0.6 is 0 Å². The molecular formula is C11H10N4O4. The van der Waals surface area contributed by atoms with Gasteiger partial charge in [-0.05, 0) is 18.1 Å². The van der Waals surface area contributed by atoms with Gasteiger partial charge in [-0.2, -0.15) is 0 Å². The normalized spacial score (nSPS) is 10.4. The van der Waals surface area contributed by atoms with Crippen LogP contribution in [0, 0.1) is 17.0 Å². The van der Waals surface area contributed by atoms with E-state index in [1.54, 1.807) is 18.5 Å². The third-order valence-corrected chi connectivity index (χ3v) is 2.47. The SMILES string of the molecule is Cc1cncc(Cn2cc([N+](=O)[O-])c(=O)[nH]c2=O)c1. The summed E-state index contributed by atoms with van der Waals surface area (Å²) in [7, 11) is 0. The van der Waals surface area contributed by atoms with Gasteiger partial charge in [0.25, 0.3) is 0 Å². The molecule has 8 nitrogen and oxygen atoms in total. The molecule has 2 aromatic rings. The highest BCUT2D eigenvalue weighted by Crippen LogP contribution is 2.05. The molecule has 0 amide bonds. The Bertz CT molecular complexity index is 747. The van der Waals surface area contributed by atoms with E-state index < -0.39 is 21.9 Å². The van der Waals surface area contributed by atoms with E-state index in [2.05, 4.69) is 4.98 Å². The first-order valence-electron chi connectivity index (χ1n) is 5.36. The molecule has 0 aromatic carbocycles. The van der Waals surface area contributed by atoms with Crippen molar-refractivity contribution in [2.75, 3.05) is 0 Å². The Kier molecular flexibility index (Phi) is 3.23. The van der Waals surface area contributed by atoms with Crippen molar-refractivity contribution in [2.45, 2.75) is 13.5 Å². The lowest BCUT2D eigenvalue weighted by molar-refractivity contribution is -0.386. The van der Waals surface area contributed by atoms with Gasteiger partial charge in [0.1, 0.15) is 0 Å². The summed E-state index contributed by atoms with van der Waals surface area (Å²) in [5, 5.41) is 10.6. The van der Waals surface area contributed by atoms with Crippen molar-refractivity contribution in [3.63, 3.8) is 0 Å². The summed E-state index contributed by atoms with van der Waals surface area (Å²) in [6.07, 6.45) is 4.14. The Morgan fingerprint density at radius 3 is 2.79 bits per heavy atom. The van der Waals surface area contributed by atoms with Gasteiger partial charge in [0, 0.05) is 12.4 Å². The molecular weight excluding hydrogens is 252 g/mol. The van der Waals surface area contributed by atoms with Gasteiger partial charge in [0.2, 0.25) is 0 Å². The van der Waals surface area contributed by atoms with Gasteiger partial charge >= 0.3 is 16.9 Å². The summed E-state index contributed by atoms with van der Waals surface area (Å²) in [4.78, 5) is 38.5. The zero-order valence-corrected chi connectivity index (χ0v) is 9.99. The van der Waals surface area contributed by atoms with Crippen LogP contribution in [-0.4, -0.2) is 19.5 Å². The van der Waals surface area contributed by atoms with Crippen molar-refractivity contribution < 1.29 is 4.92 Å². The summed E-state index contributed by atoms with van der Waals surface area (Å²) in [5.41, 5.74) is -0.751. The van der Waals surface area contributed by atoms with E-state index in [9.17, 15) is 19.7 Å². The Labute approximate surface area is 106 Å². The number of nitrogens with zero attached hydrogens (tertiary/aromatic N) is 3. The fourth-order valence-corrected chi connectivity index (χ4v) is 1.65. The molecule has 19 heavy (non-hydrogen) atoms. The molecule has 0 fully saturated rings. The number of pyridine rings is 1. The second kappa shape index (κ2) is 4.84. The lowest BCUT2D eigenvalue weighted by Crippen LogP contribution is -2.31. The van der Waals surface area contributed by atoms with E-state index >= 15 is 0 Å². The number of aryl methyl sites for hydroxylation is 1. The lowest BCUT2D eigenvalue weighted by Gasteiger charge is -2.05. The molecule has 2 rings (SSSR count). The molecule has 2 heterocycles. The second-order valence-corrected chi connectivity index (χ2v) is 4.03. The van der Waals surface area contributed by atoms with E-state index in [0.717, 1.165) is 16.3 Å². The minimum absolute atomic E-state index is 0.102. The summed E-state index contributed by atoms with van der Waals surface area (Å²) in [6, 6.07) is 1.80. The monoisotopic (exact) mass is 262 g/mol. The fourth-order valence-electron chi connectivity index (χ4n) is 1.65. The summed E-state index contributed by atoms with van der Waals surface area (Å²) < 4.78 is 1.07. The van der Waals surface area contributed by atoms with Gasteiger partial charge in [-0.15, -0.1) is 0 Å². The topological polar surface area (TPSA) is 111 Å². The van der Waals surface area contributed by atoms with E-state index in [4.69, 9.17) is 0 Å². The quantitative estimate of drug-likeness (QED) is 0.627. The van der Waals surface area contributed by atoms with Crippen molar-refractivity contribution in [3.8, 4) is 0 Å². The first-order valence-corrected chi connectivity index (χ1v) is 5.36. The van der Waals surface area contributed by atoms with Crippen LogP contribution in [0.15, 0.2) is 34.2 Å². The minimum Gasteiger partial charge on any atom is -0.289 e. The number of hydrogen-bond donors (Lipinski definition) is 1. The number of nitro groups is 1. The standard InChI is InChI=1S/C11H10N4O4/c1-7-2-8(4-12-3-7)5-14-6-9(15(18)19)10(16)13-11(14)17/h2-4,6H,5H2,1H3,(H,13,16,17). The molecule has 0 spiro atoms. The predicted molar refractivity (Wildman–Crippen MR) is 66.1 cm³/mol. The van der Waals surface area contributed by atoms with Crippen LogP contribution in [0.3, 0.4) is 0 Å². The van der Waals surface area contributed by atoms with Crippen molar-refractivity contribution in [1.82, 2.24) is 14.5 Å². The van der Waals surface area contributed by atoms with Crippen LogP contribution in [0.2, 0.25) is 0 Å². The fraction of sp³-hybridized carbons (Fsp3) is 0.182. The van der Waals surface area contributed by atoms with Gasteiger partial charge in [-0.3, -0.25) is 29.4 Å². The summed E-state index contributed by atoms with van der Waals surface area (Å²) >= 11 is 0. The molecule has 98 valence electrons. The Balaban J connectivity index is 2.46. The second-order valence-electron chi connectivity index (χ2n) is 4.03. The highest BCUT2D eigenvalue weighted by molar-refractivity contribution is 5.22. The molecule has 0 radical (unpaired) electrons. The molecule has 8 heteroatoms. The third-order valence-electron chi connectivity index (χ3n) is 2.47. The summed E-state index contributed by atoms with van der Waals surface area (Å²) in [6.45, 7) is 1.94. The van der Waals surface area contributed by atoms with Crippen molar-refractivity contribution in [2.24, 2.45) is 0 Å². The minimum atomic E-state index is -1.01. The maximum absolute atomic E-state index is 11.6. The average Bonchev–Trinajstić information content (AvgIpc) is 2.32. The van der Waals surface area contributed by atoms with Crippen LogP contribution < -0.4 is 11.2 Å². The van der Waals surface area contributed by atoms with Crippen molar-refractivity contribution in [1.29, 1.82) is 0 Å². The molecule has 2 aromatic heterocycles. The van der Waals surface area contributed by atoms with Crippen LogP contribution in [0.5, 0.6) is 0 Å². The molecule has 0 saturated heterocycles. The molecule has 0 aliphatic rings. The van der Waals surface area contributed by atoms with Gasteiger partial charge in [0.15, 0.2) is 0 Å². The highest BCUT2D eigenvalue weighted by atomic mass is 16.6. The third kappa shape index (κ3) is 2.73. The Hall–Kier alpha value is -2.77. The lowest BCUT2D eigenvalue weighted by atomic mass is 10.2. The van der Waals surface area contributed by atoms with Gasteiger partial charge in [-0.1, -0.05) is 6.07 Å². The zero-order chi connectivity index (χ0) is 14.0. The van der Waals surface area contributed by atoms with Crippen LogP contribution in [0.1, 0.15) is 11.1 Å². The average molecular weight is 262 g/mol. The Morgan fingerprint density at radius 1 is 1.42 bits per heavy atom. The van der Waals surface area contributed by atoms with E-state index in [1.165, 1.54) is 0 Å². The smallest absolute Gasteiger partial charge is 0.289 e. The molecule has 1 N–H and O–H groups in total. The molecule has 0 aliphatic carbocycles. The molecule has 0 saturated carbocycles.